The van der Waals surface area contributed by atoms with E-state index >= 15 is 0 Å². The van der Waals surface area contributed by atoms with Gasteiger partial charge in [0.25, 0.3) is 0 Å². The number of nitrogens with one attached hydrogen (secondary N) is 1. The topological polar surface area (TPSA) is 75.2 Å². The molecule has 20 heavy (non-hydrogen) atoms. The Balaban J connectivity index is 1.44. The van der Waals surface area contributed by atoms with Crippen LogP contribution in [0.1, 0.15) is 29.3 Å². The Hall–Kier alpha value is -1.50. The predicted molar refractivity (Wildman–Crippen MR) is 74.2 cm³/mol. The molecule has 1 aliphatic heterocycles. The average molecular weight is 294 g/mol. The summed E-state index contributed by atoms with van der Waals surface area (Å²) in [6.07, 6.45) is 3.25. The molecule has 1 N–H and O–H groups in total. The van der Waals surface area contributed by atoms with Gasteiger partial charge < -0.3 is 10.2 Å². The molecule has 0 radical (unpaired) electrons. The van der Waals surface area contributed by atoms with E-state index in [0.29, 0.717) is 32.0 Å². The van der Waals surface area contributed by atoms with Crippen LogP contribution in [0.3, 0.4) is 0 Å². The van der Waals surface area contributed by atoms with E-state index in [2.05, 4.69) is 15.5 Å². The van der Waals surface area contributed by atoms with Gasteiger partial charge in [-0.2, -0.15) is 0 Å². The van der Waals surface area contributed by atoms with Gasteiger partial charge >= 0.3 is 0 Å². The van der Waals surface area contributed by atoms with Crippen molar-refractivity contribution in [2.75, 3.05) is 13.1 Å². The van der Waals surface area contributed by atoms with Gasteiger partial charge in [0.2, 0.25) is 11.8 Å². The first-order chi connectivity index (χ1) is 9.63. The zero-order valence-corrected chi connectivity index (χ0v) is 12.3. The van der Waals surface area contributed by atoms with Crippen molar-refractivity contribution in [1.29, 1.82) is 0 Å². The fourth-order valence-electron chi connectivity index (χ4n) is 2.52. The number of rotatable bonds is 5. The fourth-order valence-corrected chi connectivity index (χ4v) is 3.23. The van der Waals surface area contributed by atoms with E-state index in [0.717, 1.165) is 22.9 Å². The smallest absolute Gasteiger partial charge is 0.225 e. The lowest BCUT2D eigenvalue weighted by molar-refractivity contribution is -0.129. The van der Waals surface area contributed by atoms with Crippen molar-refractivity contribution in [3.63, 3.8) is 0 Å². The highest BCUT2D eigenvalue weighted by Crippen LogP contribution is 2.32. The molecule has 0 bridgehead atoms. The van der Waals surface area contributed by atoms with Crippen LogP contribution in [-0.4, -0.2) is 46.0 Å². The van der Waals surface area contributed by atoms with Crippen molar-refractivity contribution in [1.82, 2.24) is 20.4 Å². The number of nitrogens with zero attached hydrogens (tertiary/aromatic N) is 3. The van der Waals surface area contributed by atoms with Crippen molar-refractivity contribution < 1.29 is 9.59 Å². The minimum atomic E-state index is -0.181. The summed E-state index contributed by atoms with van der Waals surface area (Å²) in [5.74, 6) is -0.0607. The Kier molecular flexibility index (Phi) is 3.69. The lowest BCUT2D eigenvalue weighted by atomic mass is 10.1. The summed E-state index contributed by atoms with van der Waals surface area (Å²) >= 11 is 1.55. The minimum Gasteiger partial charge on any atom is -0.355 e. The van der Waals surface area contributed by atoms with Gasteiger partial charge in [-0.1, -0.05) is 0 Å². The van der Waals surface area contributed by atoms with Crippen molar-refractivity contribution >= 4 is 23.2 Å². The van der Waals surface area contributed by atoms with Gasteiger partial charge in [-0.05, 0) is 19.8 Å². The van der Waals surface area contributed by atoms with Crippen molar-refractivity contribution in [3.8, 4) is 0 Å². The zero-order chi connectivity index (χ0) is 14.1. The van der Waals surface area contributed by atoms with Crippen LogP contribution < -0.4 is 5.32 Å². The Bertz CT molecular complexity index is 526. The lowest BCUT2D eigenvalue weighted by Crippen LogP contribution is -2.34. The summed E-state index contributed by atoms with van der Waals surface area (Å²) in [7, 11) is 0. The van der Waals surface area contributed by atoms with E-state index in [9.17, 15) is 9.59 Å². The van der Waals surface area contributed by atoms with Gasteiger partial charge in [0, 0.05) is 32.0 Å². The summed E-state index contributed by atoms with van der Waals surface area (Å²) in [5, 5.41) is 12.7. The van der Waals surface area contributed by atoms with Gasteiger partial charge in [-0.3, -0.25) is 9.59 Å². The second-order valence-corrected chi connectivity index (χ2v) is 6.70. The predicted octanol–water partition coefficient (Wildman–Crippen LogP) is 0.516. The first-order valence-corrected chi connectivity index (χ1v) is 7.81. The number of likely N-dealkylation sites (tertiary alicyclic amines) is 1. The molecule has 2 aliphatic rings. The number of hydrogen-bond acceptors (Lipinski definition) is 5. The van der Waals surface area contributed by atoms with Gasteiger partial charge in [-0.15, -0.1) is 21.5 Å². The minimum absolute atomic E-state index is 0.0114. The number of carbonyl (C=O) groups is 2. The third kappa shape index (κ3) is 2.98. The standard InChI is InChI=1S/C13H18N4O2S/c1-8-15-16-11(20-8)4-5-14-13(19)9-6-12(18)17(7-9)10-2-3-10/h9-10H,2-7H2,1H3,(H,14,19)/t9-/m1/s1. The van der Waals surface area contributed by atoms with Crippen LogP contribution in [0.15, 0.2) is 0 Å². The van der Waals surface area contributed by atoms with Gasteiger partial charge in [0.05, 0.1) is 5.92 Å². The highest BCUT2D eigenvalue weighted by atomic mass is 32.1. The van der Waals surface area contributed by atoms with Crippen molar-refractivity contribution in [3.05, 3.63) is 10.0 Å². The Morgan fingerprint density at radius 3 is 2.90 bits per heavy atom. The van der Waals surface area contributed by atoms with Gasteiger partial charge in [0.1, 0.15) is 10.0 Å². The molecule has 3 rings (SSSR count). The first-order valence-electron chi connectivity index (χ1n) is 6.99. The van der Waals surface area contributed by atoms with Crippen LogP contribution in [0.25, 0.3) is 0 Å². The molecule has 6 nitrogen and oxygen atoms in total. The van der Waals surface area contributed by atoms with Gasteiger partial charge in [0.15, 0.2) is 0 Å². The SMILES string of the molecule is Cc1nnc(CCNC(=O)[C@@H]2CC(=O)N(C3CC3)C2)s1. The maximum atomic E-state index is 12.1. The summed E-state index contributed by atoms with van der Waals surface area (Å²) in [6.45, 7) is 3.06. The second-order valence-electron chi connectivity index (χ2n) is 5.43. The van der Waals surface area contributed by atoms with Crippen LogP contribution in [0.4, 0.5) is 0 Å². The molecule has 1 saturated carbocycles. The molecule has 1 aromatic heterocycles. The quantitative estimate of drug-likeness (QED) is 0.859. The molecule has 108 valence electrons. The van der Waals surface area contributed by atoms with E-state index in [1.54, 1.807) is 11.3 Å². The highest BCUT2D eigenvalue weighted by molar-refractivity contribution is 7.11. The van der Waals surface area contributed by atoms with E-state index in [-0.39, 0.29) is 17.7 Å². The van der Waals surface area contributed by atoms with E-state index in [1.165, 1.54) is 0 Å². The largest absolute Gasteiger partial charge is 0.355 e. The van der Waals surface area contributed by atoms with E-state index in [1.807, 2.05) is 11.8 Å². The van der Waals surface area contributed by atoms with E-state index < -0.39 is 0 Å². The monoisotopic (exact) mass is 294 g/mol. The van der Waals surface area contributed by atoms with Crippen LogP contribution in [0.2, 0.25) is 0 Å². The first kappa shape index (κ1) is 13.5. The third-order valence-corrected chi connectivity index (χ3v) is 4.62. The van der Waals surface area contributed by atoms with Crippen LogP contribution >= 0.6 is 11.3 Å². The Morgan fingerprint density at radius 1 is 1.45 bits per heavy atom. The Morgan fingerprint density at radius 2 is 2.25 bits per heavy atom. The average Bonchev–Trinajstić information content (AvgIpc) is 3.06. The number of aromatic nitrogens is 2. The summed E-state index contributed by atoms with van der Waals surface area (Å²) in [4.78, 5) is 25.7. The molecule has 1 aromatic rings. The number of aryl methyl sites for hydroxylation is 1. The molecule has 0 aromatic carbocycles. The third-order valence-electron chi connectivity index (χ3n) is 3.72. The molecule has 2 fully saturated rings. The summed E-state index contributed by atoms with van der Waals surface area (Å²) in [6, 6.07) is 0.407. The molecule has 0 spiro atoms. The van der Waals surface area contributed by atoms with Crippen molar-refractivity contribution in [2.45, 2.75) is 38.6 Å². The molecule has 2 heterocycles. The molecule has 1 aliphatic carbocycles. The second kappa shape index (κ2) is 5.47. The fraction of sp³-hybridized carbons (Fsp3) is 0.692. The zero-order valence-electron chi connectivity index (χ0n) is 11.5. The summed E-state index contributed by atoms with van der Waals surface area (Å²) < 4.78 is 0. The molecule has 7 heteroatoms. The van der Waals surface area contributed by atoms with Gasteiger partial charge in [-0.25, -0.2) is 0 Å². The molecule has 1 saturated heterocycles. The van der Waals surface area contributed by atoms with Crippen molar-refractivity contribution in [2.24, 2.45) is 5.92 Å². The van der Waals surface area contributed by atoms with Crippen LogP contribution in [0.5, 0.6) is 0 Å². The van der Waals surface area contributed by atoms with Crippen LogP contribution in [0, 0.1) is 12.8 Å². The maximum absolute atomic E-state index is 12.1. The molecule has 1 atom stereocenters. The summed E-state index contributed by atoms with van der Waals surface area (Å²) in [5.41, 5.74) is 0. The van der Waals surface area contributed by atoms with Crippen LogP contribution in [-0.2, 0) is 16.0 Å². The normalized spacial score (nSPS) is 22.4. The Labute approximate surface area is 121 Å². The molecule has 2 amide bonds. The maximum Gasteiger partial charge on any atom is 0.225 e. The van der Waals surface area contributed by atoms with E-state index in [4.69, 9.17) is 0 Å². The number of amides is 2. The number of carbonyl (C=O) groups excluding carboxylic acids is 2. The number of hydrogen-bond donors (Lipinski definition) is 1. The molecular weight excluding hydrogens is 276 g/mol. The molecular formula is C13H18N4O2S. The molecule has 0 unspecified atom stereocenters. The lowest BCUT2D eigenvalue weighted by Gasteiger charge is -2.15. The highest BCUT2D eigenvalue weighted by Gasteiger charge is 2.41.